The van der Waals surface area contributed by atoms with Crippen molar-refractivity contribution in [3.8, 4) is 28.6 Å². The molecule has 0 fully saturated rings. The zero-order valence-electron chi connectivity index (χ0n) is 22.3. The molecule has 0 spiro atoms. The van der Waals surface area contributed by atoms with Gasteiger partial charge in [-0.05, 0) is 90.5 Å². The quantitative estimate of drug-likeness (QED) is 0.137. The number of benzene rings is 4. The van der Waals surface area contributed by atoms with E-state index in [0.29, 0.717) is 40.8 Å². The van der Waals surface area contributed by atoms with Crippen molar-refractivity contribution in [2.75, 3.05) is 16.6 Å². The standard InChI is InChI=1S/C29H26F2N6O4S/c1-2-3-16-40-21-9-12-24(13-10-21)42(38,39)35-28-15-11-23(18-25(28)29-33-36-37-34-29)41-22-7-4-19(5-8-22)32-20-6-14-26(30)27(31)17-20/h4-15,17-18,32,35H,2-3,16H2,1H3,(H,33,34,36,37). The number of hydrogen-bond acceptors (Lipinski definition) is 8. The van der Waals surface area contributed by atoms with Crippen LogP contribution in [0.25, 0.3) is 11.4 Å². The van der Waals surface area contributed by atoms with E-state index in [0.717, 1.165) is 25.0 Å². The molecule has 0 aliphatic heterocycles. The van der Waals surface area contributed by atoms with Gasteiger partial charge in [0, 0.05) is 17.4 Å². The molecule has 13 heteroatoms. The maximum Gasteiger partial charge on any atom is 0.261 e. The third-order valence-electron chi connectivity index (χ3n) is 6.02. The van der Waals surface area contributed by atoms with Gasteiger partial charge in [0.05, 0.1) is 22.8 Å². The first-order valence-corrected chi connectivity index (χ1v) is 14.4. The van der Waals surface area contributed by atoms with Gasteiger partial charge in [0.1, 0.15) is 17.2 Å². The third kappa shape index (κ3) is 6.99. The van der Waals surface area contributed by atoms with Crippen molar-refractivity contribution in [3.05, 3.63) is 96.6 Å². The number of H-pyrrole nitrogens is 1. The SMILES string of the molecule is CCCCOc1ccc(S(=O)(=O)Nc2ccc(Oc3ccc(Nc4ccc(F)c(F)c4)cc3)cc2-c2nn[nH]n2)cc1. The Morgan fingerprint density at radius 2 is 1.55 bits per heavy atom. The van der Waals surface area contributed by atoms with Crippen molar-refractivity contribution in [2.45, 2.75) is 24.7 Å². The van der Waals surface area contributed by atoms with E-state index in [9.17, 15) is 17.2 Å². The van der Waals surface area contributed by atoms with E-state index in [1.807, 2.05) is 0 Å². The number of sulfonamides is 1. The number of hydrogen-bond donors (Lipinski definition) is 3. The van der Waals surface area contributed by atoms with Crippen molar-refractivity contribution in [1.29, 1.82) is 0 Å². The van der Waals surface area contributed by atoms with Crippen LogP contribution in [0.4, 0.5) is 25.8 Å². The number of aromatic amines is 1. The van der Waals surface area contributed by atoms with Crippen LogP contribution in [-0.4, -0.2) is 35.6 Å². The minimum absolute atomic E-state index is 0.0572. The minimum Gasteiger partial charge on any atom is -0.494 e. The molecule has 0 amide bonds. The Bertz CT molecular complexity index is 1750. The summed E-state index contributed by atoms with van der Waals surface area (Å²) in [5.41, 5.74) is 1.58. The van der Waals surface area contributed by atoms with E-state index in [-0.39, 0.29) is 16.4 Å². The highest BCUT2D eigenvalue weighted by molar-refractivity contribution is 7.92. The second-order valence-electron chi connectivity index (χ2n) is 9.10. The number of halogens is 2. The van der Waals surface area contributed by atoms with Crippen LogP contribution in [0.1, 0.15) is 19.8 Å². The normalized spacial score (nSPS) is 11.2. The molecule has 0 bridgehead atoms. The van der Waals surface area contributed by atoms with E-state index in [2.05, 4.69) is 37.6 Å². The van der Waals surface area contributed by atoms with Crippen molar-refractivity contribution < 1.29 is 26.7 Å². The van der Waals surface area contributed by atoms with Crippen molar-refractivity contribution >= 4 is 27.1 Å². The minimum atomic E-state index is -3.96. The highest BCUT2D eigenvalue weighted by Crippen LogP contribution is 2.34. The zero-order valence-corrected chi connectivity index (χ0v) is 23.2. The number of unbranched alkanes of at least 4 members (excludes halogenated alkanes) is 1. The Morgan fingerprint density at radius 3 is 2.24 bits per heavy atom. The van der Waals surface area contributed by atoms with E-state index >= 15 is 0 Å². The van der Waals surface area contributed by atoms with Crippen molar-refractivity contribution in [2.24, 2.45) is 0 Å². The molecule has 10 nitrogen and oxygen atoms in total. The first-order chi connectivity index (χ1) is 20.3. The number of ether oxygens (including phenoxy) is 2. The van der Waals surface area contributed by atoms with Gasteiger partial charge >= 0.3 is 0 Å². The van der Waals surface area contributed by atoms with E-state index < -0.39 is 21.7 Å². The largest absolute Gasteiger partial charge is 0.494 e. The van der Waals surface area contributed by atoms with Gasteiger partial charge in [0.2, 0.25) is 5.82 Å². The molecule has 42 heavy (non-hydrogen) atoms. The van der Waals surface area contributed by atoms with Crippen molar-refractivity contribution in [1.82, 2.24) is 20.6 Å². The lowest BCUT2D eigenvalue weighted by atomic mass is 10.1. The summed E-state index contributed by atoms with van der Waals surface area (Å²) in [4.78, 5) is 0.0572. The summed E-state index contributed by atoms with van der Waals surface area (Å²) in [5, 5.41) is 16.9. The number of nitrogens with one attached hydrogen (secondary N) is 3. The van der Waals surface area contributed by atoms with Crippen LogP contribution in [0, 0.1) is 11.6 Å². The maximum absolute atomic E-state index is 13.5. The van der Waals surface area contributed by atoms with E-state index in [1.54, 1.807) is 54.6 Å². The number of anilines is 3. The average molecular weight is 593 g/mol. The molecular formula is C29H26F2N6O4S. The second kappa shape index (κ2) is 12.6. The number of aromatic nitrogens is 4. The summed E-state index contributed by atoms with van der Waals surface area (Å²) in [6, 6.07) is 21.2. The molecule has 0 saturated carbocycles. The molecule has 0 aliphatic rings. The molecule has 0 radical (unpaired) electrons. The van der Waals surface area contributed by atoms with Gasteiger partial charge in [0.25, 0.3) is 10.0 Å². The summed E-state index contributed by atoms with van der Waals surface area (Å²) in [6.07, 6.45) is 1.90. The first-order valence-electron chi connectivity index (χ1n) is 12.9. The lowest BCUT2D eigenvalue weighted by molar-refractivity contribution is 0.309. The Kier molecular flexibility index (Phi) is 8.58. The number of nitrogens with zero attached hydrogens (tertiary/aromatic N) is 3. The van der Waals surface area contributed by atoms with Gasteiger partial charge in [-0.25, -0.2) is 17.2 Å². The van der Waals surface area contributed by atoms with Gasteiger partial charge in [-0.3, -0.25) is 4.72 Å². The summed E-state index contributed by atoms with van der Waals surface area (Å²) >= 11 is 0. The lowest BCUT2D eigenvalue weighted by Crippen LogP contribution is -2.14. The molecule has 5 aromatic rings. The lowest BCUT2D eigenvalue weighted by Gasteiger charge is -2.14. The summed E-state index contributed by atoms with van der Waals surface area (Å²) in [7, 11) is -3.96. The highest BCUT2D eigenvalue weighted by atomic mass is 32.2. The highest BCUT2D eigenvalue weighted by Gasteiger charge is 2.19. The van der Waals surface area contributed by atoms with Gasteiger partial charge in [0.15, 0.2) is 11.6 Å². The zero-order chi connectivity index (χ0) is 29.5. The fourth-order valence-electron chi connectivity index (χ4n) is 3.87. The third-order valence-corrected chi connectivity index (χ3v) is 7.40. The van der Waals surface area contributed by atoms with Crippen molar-refractivity contribution in [3.63, 3.8) is 0 Å². The van der Waals surface area contributed by atoms with Crippen LogP contribution in [0.15, 0.2) is 89.8 Å². The molecule has 1 heterocycles. The van der Waals surface area contributed by atoms with Crippen LogP contribution in [0.2, 0.25) is 0 Å². The fraction of sp³-hybridized carbons (Fsp3) is 0.138. The summed E-state index contributed by atoms with van der Waals surface area (Å²) in [6.45, 7) is 2.62. The molecule has 0 unspecified atom stereocenters. The first kappa shape index (κ1) is 28.5. The van der Waals surface area contributed by atoms with Crippen LogP contribution in [-0.2, 0) is 10.0 Å². The summed E-state index contributed by atoms with van der Waals surface area (Å²) in [5.74, 6) is -0.279. The van der Waals surface area contributed by atoms with Crippen LogP contribution >= 0.6 is 0 Å². The molecule has 216 valence electrons. The van der Waals surface area contributed by atoms with Crippen LogP contribution in [0.5, 0.6) is 17.2 Å². The molecule has 3 N–H and O–H groups in total. The van der Waals surface area contributed by atoms with E-state index in [4.69, 9.17) is 9.47 Å². The Morgan fingerprint density at radius 1 is 0.833 bits per heavy atom. The predicted octanol–water partition coefficient (Wildman–Crippen LogP) is 6.66. The van der Waals surface area contributed by atoms with Crippen LogP contribution < -0.4 is 19.5 Å². The molecular weight excluding hydrogens is 566 g/mol. The fourth-order valence-corrected chi connectivity index (χ4v) is 4.95. The molecule has 0 atom stereocenters. The molecule has 1 aromatic heterocycles. The summed E-state index contributed by atoms with van der Waals surface area (Å²) < 4.78 is 67.2. The maximum atomic E-state index is 13.5. The molecule has 5 rings (SSSR count). The Balaban J connectivity index is 1.32. The topological polar surface area (TPSA) is 131 Å². The monoisotopic (exact) mass is 592 g/mol. The number of rotatable bonds is 12. The van der Waals surface area contributed by atoms with Gasteiger partial charge in [-0.1, -0.05) is 13.3 Å². The molecule has 0 saturated heterocycles. The molecule has 4 aromatic carbocycles. The smallest absolute Gasteiger partial charge is 0.261 e. The van der Waals surface area contributed by atoms with E-state index in [1.165, 1.54) is 18.2 Å². The second-order valence-corrected chi connectivity index (χ2v) is 10.8. The van der Waals surface area contributed by atoms with Gasteiger partial charge in [-0.2, -0.15) is 5.21 Å². The van der Waals surface area contributed by atoms with Gasteiger partial charge in [-0.15, -0.1) is 10.2 Å². The Labute approximate surface area is 240 Å². The Hall–Kier alpha value is -5.04. The predicted molar refractivity (Wildman–Crippen MR) is 153 cm³/mol. The molecule has 0 aliphatic carbocycles. The number of tetrazole rings is 1. The van der Waals surface area contributed by atoms with Crippen LogP contribution in [0.3, 0.4) is 0 Å². The average Bonchev–Trinajstić information content (AvgIpc) is 3.52. The van der Waals surface area contributed by atoms with Gasteiger partial charge < -0.3 is 14.8 Å².